The average molecular weight is 316 g/mol. The van der Waals surface area contributed by atoms with Crippen molar-refractivity contribution < 1.29 is 0 Å². The van der Waals surface area contributed by atoms with Gasteiger partial charge in [-0.05, 0) is 64.0 Å². The predicted octanol–water partition coefficient (Wildman–Crippen LogP) is 3.29. The lowest BCUT2D eigenvalue weighted by molar-refractivity contribution is 0.141. The molecule has 2 aliphatic rings. The lowest BCUT2D eigenvalue weighted by atomic mass is 9.83. The Morgan fingerprint density at radius 1 is 1.04 bits per heavy atom. The quantitative estimate of drug-likeness (QED) is 0.853. The average Bonchev–Trinajstić information content (AvgIpc) is 3.00. The van der Waals surface area contributed by atoms with Gasteiger partial charge in [0.05, 0.1) is 0 Å². The fraction of sp³-hybridized carbons (Fsp3) is 0.789. The second-order valence-electron chi connectivity index (χ2n) is 7.93. The Labute approximate surface area is 141 Å². The molecule has 2 saturated heterocycles. The van der Waals surface area contributed by atoms with Crippen molar-refractivity contribution in [2.75, 3.05) is 37.6 Å². The van der Waals surface area contributed by atoms with Crippen LogP contribution >= 0.6 is 0 Å². The van der Waals surface area contributed by atoms with Gasteiger partial charge in [0.1, 0.15) is 12.1 Å². The Bertz CT molecular complexity index is 520. The molecule has 1 atom stereocenters. The van der Waals surface area contributed by atoms with Crippen molar-refractivity contribution in [3.63, 3.8) is 0 Å². The van der Waals surface area contributed by atoms with Crippen LogP contribution in [0.1, 0.15) is 44.4 Å². The summed E-state index contributed by atoms with van der Waals surface area (Å²) in [6, 6.07) is 0. The van der Waals surface area contributed by atoms with Crippen molar-refractivity contribution in [3.8, 4) is 0 Å². The number of anilines is 1. The highest BCUT2D eigenvalue weighted by molar-refractivity contribution is 5.48. The fourth-order valence-corrected chi connectivity index (χ4v) is 4.33. The van der Waals surface area contributed by atoms with Gasteiger partial charge in [-0.3, -0.25) is 0 Å². The minimum Gasteiger partial charge on any atom is -0.356 e. The summed E-state index contributed by atoms with van der Waals surface area (Å²) in [6.45, 7) is 15.1. The molecule has 23 heavy (non-hydrogen) atoms. The van der Waals surface area contributed by atoms with Crippen molar-refractivity contribution >= 4 is 5.82 Å². The molecule has 0 bridgehead atoms. The molecule has 1 aromatic heterocycles. The molecule has 128 valence electrons. The van der Waals surface area contributed by atoms with Crippen molar-refractivity contribution in [1.29, 1.82) is 0 Å². The Kier molecular flexibility index (Phi) is 5.20. The molecule has 3 heterocycles. The van der Waals surface area contributed by atoms with Gasteiger partial charge in [-0.1, -0.05) is 13.8 Å². The number of piperidine rings is 1. The van der Waals surface area contributed by atoms with E-state index in [1.807, 2.05) is 0 Å². The van der Waals surface area contributed by atoms with E-state index in [1.165, 1.54) is 51.0 Å². The third kappa shape index (κ3) is 3.85. The molecule has 0 unspecified atom stereocenters. The molecular weight excluding hydrogens is 284 g/mol. The maximum absolute atomic E-state index is 4.55. The van der Waals surface area contributed by atoms with Crippen molar-refractivity contribution in [2.45, 2.75) is 47.0 Å². The number of hydrogen-bond acceptors (Lipinski definition) is 4. The molecule has 4 nitrogen and oxygen atoms in total. The first kappa shape index (κ1) is 16.7. The van der Waals surface area contributed by atoms with Crippen molar-refractivity contribution in [1.82, 2.24) is 14.9 Å². The molecule has 0 spiro atoms. The number of aryl methyl sites for hydroxylation is 1. The van der Waals surface area contributed by atoms with Gasteiger partial charge in [-0.25, -0.2) is 9.97 Å². The largest absolute Gasteiger partial charge is 0.356 e. The second-order valence-corrected chi connectivity index (χ2v) is 7.93. The number of likely N-dealkylation sites (tertiary alicyclic amines) is 1. The summed E-state index contributed by atoms with van der Waals surface area (Å²) in [5, 5.41) is 0. The van der Waals surface area contributed by atoms with Crippen LogP contribution in [-0.2, 0) is 0 Å². The van der Waals surface area contributed by atoms with E-state index >= 15 is 0 Å². The first-order valence-corrected chi connectivity index (χ1v) is 9.30. The fourth-order valence-electron chi connectivity index (χ4n) is 4.33. The predicted molar refractivity (Wildman–Crippen MR) is 95.8 cm³/mol. The summed E-state index contributed by atoms with van der Waals surface area (Å²) in [7, 11) is 0. The van der Waals surface area contributed by atoms with E-state index in [1.54, 1.807) is 6.33 Å². The number of hydrogen-bond donors (Lipinski definition) is 0. The molecular formula is C19H32N4. The van der Waals surface area contributed by atoms with E-state index in [0.29, 0.717) is 0 Å². The monoisotopic (exact) mass is 316 g/mol. The van der Waals surface area contributed by atoms with Gasteiger partial charge in [0, 0.05) is 30.9 Å². The second kappa shape index (κ2) is 7.16. The van der Waals surface area contributed by atoms with Crippen molar-refractivity contribution in [2.24, 2.45) is 17.8 Å². The minimum absolute atomic E-state index is 0.789. The molecule has 0 saturated carbocycles. The third-order valence-corrected chi connectivity index (χ3v) is 5.76. The van der Waals surface area contributed by atoms with Crippen LogP contribution in [0.5, 0.6) is 0 Å². The van der Waals surface area contributed by atoms with Gasteiger partial charge in [-0.15, -0.1) is 0 Å². The maximum Gasteiger partial charge on any atom is 0.135 e. The maximum atomic E-state index is 4.55. The standard InChI is InChI=1S/C19H32N4/c1-14(2)11-22-8-5-17(6-9-22)18-7-10-23(12-18)19-15(3)16(4)20-13-21-19/h13-14,17-18H,5-12H2,1-4H3/t18-/m1/s1. The van der Waals surface area contributed by atoms with E-state index in [0.717, 1.165) is 35.8 Å². The highest BCUT2D eigenvalue weighted by atomic mass is 15.2. The van der Waals surface area contributed by atoms with E-state index in [-0.39, 0.29) is 0 Å². The van der Waals surface area contributed by atoms with Crippen LogP contribution in [0.2, 0.25) is 0 Å². The number of rotatable bonds is 4. The van der Waals surface area contributed by atoms with Gasteiger partial charge >= 0.3 is 0 Å². The van der Waals surface area contributed by atoms with Gasteiger partial charge in [0.15, 0.2) is 0 Å². The van der Waals surface area contributed by atoms with Crippen LogP contribution in [-0.4, -0.2) is 47.6 Å². The first-order valence-electron chi connectivity index (χ1n) is 9.30. The summed E-state index contributed by atoms with van der Waals surface area (Å²) < 4.78 is 0. The van der Waals surface area contributed by atoms with E-state index in [2.05, 4.69) is 47.5 Å². The molecule has 2 aliphatic heterocycles. The molecule has 0 radical (unpaired) electrons. The Morgan fingerprint density at radius 2 is 1.74 bits per heavy atom. The zero-order chi connectivity index (χ0) is 16.4. The zero-order valence-corrected chi connectivity index (χ0v) is 15.3. The summed E-state index contributed by atoms with van der Waals surface area (Å²) in [6.07, 6.45) is 5.81. The van der Waals surface area contributed by atoms with E-state index in [9.17, 15) is 0 Å². The molecule has 4 heteroatoms. The number of aromatic nitrogens is 2. The SMILES string of the molecule is Cc1ncnc(N2CC[C@@H](C3CCN(CC(C)C)CC3)C2)c1C. The van der Waals surface area contributed by atoms with Crippen LogP contribution in [0.15, 0.2) is 6.33 Å². The normalized spacial score (nSPS) is 23.9. The minimum atomic E-state index is 0.789. The summed E-state index contributed by atoms with van der Waals surface area (Å²) >= 11 is 0. The van der Waals surface area contributed by atoms with Gasteiger partial charge < -0.3 is 9.80 Å². The third-order valence-electron chi connectivity index (χ3n) is 5.76. The lowest BCUT2D eigenvalue weighted by Gasteiger charge is -2.35. The Morgan fingerprint density at radius 3 is 2.43 bits per heavy atom. The smallest absolute Gasteiger partial charge is 0.135 e. The van der Waals surface area contributed by atoms with Crippen LogP contribution < -0.4 is 4.90 Å². The topological polar surface area (TPSA) is 32.3 Å². The van der Waals surface area contributed by atoms with Crippen molar-refractivity contribution in [3.05, 3.63) is 17.6 Å². The Balaban J connectivity index is 1.55. The molecule has 0 N–H and O–H groups in total. The summed E-state index contributed by atoms with van der Waals surface area (Å²) in [5.74, 6) is 3.72. The molecule has 3 rings (SSSR count). The summed E-state index contributed by atoms with van der Waals surface area (Å²) in [5.41, 5.74) is 2.36. The number of nitrogens with zero attached hydrogens (tertiary/aromatic N) is 4. The molecule has 0 aromatic carbocycles. The van der Waals surface area contributed by atoms with Crippen LogP contribution in [0.3, 0.4) is 0 Å². The zero-order valence-electron chi connectivity index (χ0n) is 15.3. The highest BCUT2D eigenvalue weighted by Crippen LogP contribution is 2.34. The van der Waals surface area contributed by atoms with Crippen LogP contribution in [0, 0.1) is 31.6 Å². The molecule has 0 amide bonds. The molecule has 0 aliphatic carbocycles. The first-order chi connectivity index (χ1) is 11.0. The molecule has 2 fully saturated rings. The summed E-state index contributed by atoms with van der Waals surface area (Å²) in [4.78, 5) is 14.0. The van der Waals surface area contributed by atoms with Crippen LogP contribution in [0.25, 0.3) is 0 Å². The van der Waals surface area contributed by atoms with Gasteiger partial charge in [0.25, 0.3) is 0 Å². The highest BCUT2D eigenvalue weighted by Gasteiger charge is 2.33. The van der Waals surface area contributed by atoms with E-state index in [4.69, 9.17) is 0 Å². The lowest BCUT2D eigenvalue weighted by Crippen LogP contribution is -2.38. The molecule has 1 aromatic rings. The van der Waals surface area contributed by atoms with Crippen LogP contribution in [0.4, 0.5) is 5.82 Å². The van der Waals surface area contributed by atoms with E-state index < -0.39 is 0 Å². The van der Waals surface area contributed by atoms with Gasteiger partial charge in [-0.2, -0.15) is 0 Å². The van der Waals surface area contributed by atoms with Gasteiger partial charge in [0.2, 0.25) is 0 Å². The Hall–Kier alpha value is -1.16.